The Morgan fingerprint density at radius 1 is 0.972 bits per heavy atom. The first kappa shape index (κ1) is 25.5. The van der Waals surface area contributed by atoms with Gasteiger partial charge in [0.2, 0.25) is 15.9 Å². The fourth-order valence-corrected chi connectivity index (χ4v) is 5.30. The van der Waals surface area contributed by atoms with Gasteiger partial charge in [-0.05, 0) is 47.7 Å². The summed E-state index contributed by atoms with van der Waals surface area (Å²) in [5.41, 5.74) is 2.13. The van der Waals surface area contributed by atoms with Crippen LogP contribution < -0.4 is 24.2 Å². The second-order valence-corrected chi connectivity index (χ2v) is 10.5. The second kappa shape index (κ2) is 11.0. The Kier molecular flexibility index (Phi) is 7.81. The molecule has 9 heteroatoms. The number of carbonyl (C=O) groups is 1. The van der Waals surface area contributed by atoms with Crippen molar-refractivity contribution in [2.45, 2.75) is 37.1 Å². The van der Waals surface area contributed by atoms with Gasteiger partial charge in [0, 0.05) is 11.8 Å². The van der Waals surface area contributed by atoms with Crippen LogP contribution in [-0.4, -0.2) is 40.7 Å². The van der Waals surface area contributed by atoms with Crippen LogP contribution in [0, 0.1) is 0 Å². The SMILES string of the molecule is COc1ccc(C(C)C)cc1S(=O)(=O)NC(Cc1ccccc1)C(=O)Nc1ccc2c(c1)OCCO2. The smallest absolute Gasteiger partial charge is 0.245 e. The Hall–Kier alpha value is -3.56. The number of hydrogen-bond donors (Lipinski definition) is 2. The summed E-state index contributed by atoms with van der Waals surface area (Å²) in [4.78, 5) is 13.4. The van der Waals surface area contributed by atoms with E-state index in [2.05, 4.69) is 10.0 Å². The molecule has 0 saturated carbocycles. The number of amides is 1. The topological polar surface area (TPSA) is 103 Å². The van der Waals surface area contributed by atoms with E-state index < -0.39 is 22.0 Å². The van der Waals surface area contributed by atoms with Gasteiger partial charge in [-0.3, -0.25) is 4.79 Å². The summed E-state index contributed by atoms with van der Waals surface area (Å²) in [7, 11) is -2.69. The normalized spacial score (nSPS) is 13.8. The zero-order valence-corrected chi connectivity index (χ0v) is 21.3. The maximum absolute atomic E-state index is 13.5. The first-order valence-electron chi connectivity index (χ1n) is 11.7. The molecule has 1 heterocycles. The van der Waals surface area contributed by atoms with Crippen LogP contribution in [0.25, 0.3) is 0 Å². The highest BCUT2D eigenvalue weighted by Crippen LogP contribution is 2.33. The van der Waals surface area contributed by atoms with Gasteiger partial charge >= 0.3 is 0 Å². The van der Waals surface area contributed by atoms with Crippen molar-refractivity contribution in [1.29, 1.82) is 0 Å². The molecule has 8 nitrogen and oxygen atoms in total. The van der Waals surface area contributed by atoms with E-state index in [0.29, 0.717) is 30.4 Å². The number of sulfonamides is 1. The second-order valence-electron chi connectivity index (χ2n) is 8.78. The van der Waals surface area contributed by atoms with Crippen LogP contribution in [0.1, 0.15) is 30.9 Å². The van der Waals surface area contributed by atoms with Crippen molar-refractivity contribution in [1.82, 2.24) is 4.72 Å². The zero-order valence-electron chi connectivity index (χ0n) is 20.5. The highest BCUT2D eigenvalue weighted by molar-refractivity contribution is 7.89. The van der Waals surface area contributed by atoms with Gasteiger partial charge in [0.05, 0.1) is 7.11 Å². The third-order valence-electron chi connectivity index (χ3n) is 5.85. The van der Waals surface area contributed by atoms with Gasteiger partial charge < -0.3 is 19.5 Å². The monoisotopic (exact) mass is 510 g/mol. The highest BCUT2D eigenvalue weighted by Gasteiger charge is 2.29. The fourth-order valence-electron chi connectivity index (χ4n) is 3.90. The highest BCUT2D eigenvalue weighted by atomic mass is 32.2. The molecule has 0 saturated heterocycles. The molecule has 0 radical (unpaired) electrons. The van der Waals surface area contributed by atoms with Crippen LogP contribution in [0.5, 0.6) is 17.2 Å². The number of benzene rings is 3. The molecule has 0 aliphatic carbocycles. The minimum atomic E-state index is -4.11. The largest absolute Gasteiger partial charge is 0.495 e. The van der Waals surface area contributed by atoms with Crippen molar-refractivity contribution in [3.05, 3.63) is 77.9 Å². The number of anilines is 1. The number of rotatable bonds is 9. The van der Waals surface area contributed by atoms with Gasteiger partial charge in [0.1, 0.15) is 29.9 Å². The van der Waals surface area contributed by atoms with Gasteiger partial charge in [-0.25, -0.2) is 8.42 Å². The quantitative estimate of drug-likeness (QED) is 0.449. The molecule has 2 N–H and O–H groups in total. The third kappa shape index (κ3) is 5.98. The van der Waals surface area contributed by atoms with Gasteiger partial charge in [-0.15, -0.1) is 0 Å². The van der Waals surface area contributed by atoms with E-state index in [1.165, 1.54) is 7.11 Å². The predicted molar refractivity (Wildman–Crippen MR) is 137 cm³/mol. The van der Waals surface area contributed by atoms with Gasteiger partial charge in [-0.1, -0.05) is 50.2 Å². The van der Waals surface area contributed by atoms with Gasteiger partial charge in [0.25, 0.3) is 0 Å². The predicted octanol–water partition coefficient (Wildman–Crippen LogP) is 4.12. The van der Waals surface area contributed by atoms with Crippen LogP contribution in [0.15, 0.2) is 71.6 Å². The van der Waals surface area contributed by atoms with Crippen molar-refractivity contribution >= 4 is 21.6 Å². The number of fused-ring (bicyclic) bond motifs is 1. The molecule has 3 aromatic rings. The van der Waals surface area contributed by atoms with Gasteiger partial charge in [0.15, 0.2) is 11.5 Å². The van der Waals surface area contributed by atoms with E-state index in [1.54, 1.807) is 30.3 Å². The molecule has 1 aliphatic rings. The number of ether oxygens (including phenoxy) is 3. The van der Waals surface area contributed by atoms with E-state index >= 15 is 0 Å². The van der Waals surface area contributed by atoms with E-state index in [4.69, 9.17) is 14.2 Å². The Labute approximate surface area is 211 Å². The lowest BCUT2D eigenvalue weighted by Gasteiger charge is -2.22. The standard InChI is InChI=1S/C27H30N2O6S/c1-18(2)20-9-11-24(33-3)26(16-20)36(31,32)29-22(15-19-7-5-4-6-8-19)27(30)28-21-10-12-23-25(17-21)35-14-13-34-23/h4-12,16-18,22,29H,13-15H2,1-3H3,(H,28,30). The lowest BCUT2D eigenvalue weighted by atomic mass is 10.0. The molecule has 1 amide bonds. The zero-order chi connectivity index (χ0) is 25.7. The Balaban J connectivity index is 1.63. The lowest BCUT2D eigenvalue weighted by Crippen LogP contribution is -2.45. The number of nitrogens with one attached hydrogen (secondary N) is 2. The average molecular weight is 511 g/mol. The molecule has 1 atom stereocenters. The molecule has 0 fully saturated rings. The average Bonchev–Trinajstić information content (AvgIpc) is 2.88. The molecule has 190 valence electrons. The van der Waals surface area contributed by atoms with Crippen molar-refractivity contribution in [3.8, 4) is 17.2 Å². The molecular weight excluding hydrogens is 480 g/mol. The molecule has 1 aliphatic heterocycles. The molecule has 0 spiro atoms. The van der Waals surface area contributed by atoms with E-state index in [0.717, 1.165) is 11.1 Å². The summed E-state index contributed by atoms with van der Waals surface area (Å²) in [5, 5.41) is 2.81. The minimum Gasteiger partial charge on any atom is -0.495 e. The number of methoxy groups -OCH3 is 1. The molecule has 3 aromatic carbocycles. The molecule has 0 bridgehead atoms. The summed E-state index contributed by atoms with van der Waals surface area (Å²) in [6, 6.07) is 18.3. The first-order valence-corrected chi connectivity index (χ1v) is 13.2. The maximum Gasteiger partial charge on any atom is 0.245 e. The van der Waals surface area contributed by atoms with Crippen molar-refractivity contribution in [2.24, 2.45) is 0 Å². The molecule has 4 rings (SSSR count). The molecule has 1 unspecified atom stereocenters. The van der Waals surface area contributed by atoms with Crippen LogP contribution in [0.3, 0.4) is 0 Å². The molecule has 0 aromatic heterocycles. The number of carbonyl (C=O) groups excluding carboxylic acids is 1. The van der Waals surface area contributed by atoms with Gasteiger partial charge in [-0.2, -0.15) is 4.72 Å². The summed E-state index contributed by atoms with van der Waals surface area (Å²) in [6.45, 7) is 4.83. The maximum atomic E-state index is 13.5. The molecule has 36 heavy (non-hydrogen) atoms. The lowest BCUT2D eigenvalue weighted by molar-refractivity contribution is -0.117. The Morgan fingerprint density at radius 3 is 2.39 bits per heavy atom. The van der Waals surface area contributed by atoms with E-state index in [9.17, 15) is 13.2 Å². The van der Waals surface area contributed by atoms with Crippen molar-refractivity contribution in [3.63, 3.8) is 0 Å². The minimum absolute atomic E-state index is 0.0126. The van der Waals surface area contributed by atoms with Crippen LogP contribution in [0.2, 0.25) is 0 Å². The summed E-state index contributed by atoms with van der Waals surface area (Å²) in [6.07, 6.45) is 0.155. The van der Waals surface area contributed by atoms with E-state index in [1.807, 2.05) is 50.2 Å². The Bertz CT molecular complexity index is 1330. The molecular formula is C27H30N2O6S. The third-order valence-corrected chi connectivity index (χ3v) is 7.34. The number of hydrogen-bond acceptors (Lipinski definition) is 6. The first-order chi connectivity index (χ1) is 17.3. The van der Waals surface area contributed by atoms with Crippen molar-refractivity contribution < 1.29 is 27.4 Å². The summed E-state index contributed by atoms with van der Waals surface area (Å²) >= 11 is 0. The van der Waals surface area contributed by atoms with Crippen LogP contribution >= 0.6 is 0 Å². The fraction of sp³-hybridized carbons (Fsp3) is 0.296. The van der Waals surface area contributed by atoms with Crippen LogP contribution in [-0.2, 0) is 21.2 Å². The van der Waals surface area contributed by atoms with E-state index in [-0.39, 0.29) is 23.0 Å². The summed E-state index contributed by atoms with van der Waals surface area (Å²) in [5.74, 6) is 0.937. The Morgan fingerprint density at radius 2 is 1.69 bits per heavy atom. The summed E-state index contributed by atoms with van der Waals surface area (Å²) < 4.78 is 46.1. The van der Waals surface area contributed by atoms with Crippen LogP contribution in [0.4, 0.5) is 5.69 Å². The van der Waals surface area contributed by atoms with Crippen molar-refractivity contribution in [2.75, 3.05) is 25.6 Å².